The van der Waals surface area contributed by atoms with Crippen molar-refractivity contribution in [1.29, 1.82) is 0 Å². The van der Waals surface area contributed by atoms with E-state index in [0.717, 1.165) is 24.2 Å². The molecule has 0 bridgehead atoms. The molecule has 2 aromatic rings. The predicted molar refractivity (Wildman–Crippen MR) is 83.1 cm³/mol. The molecule has 1 aromatic carbocycles. The molecule has 0 aliphatic rings. The Hall–Kier alpha value is -1.35. The largest absolute Gasteiger partial charge is 0.337 e. The number of nitrogens with zero attached hydrogens (tertiary/aromatic N) is 1. The predicted octanol–water partition coefficient (Wildman–Crippen LogP) is 4.48. The van der Waals surface area contributed by atoms with Crippen LogP contribution in [-0.2, 0) is 18.4 Å². The molecule has 2 nitrogen and oxygen atoms in total. The molecule has 2 rings (SSSR count). The van der Waals surface area contributed by atoms with Crippen LogP contribution in [0.4, 0.5) is 0 Å². The van der Waals surface area contributed by atoms with Gasteiger partial charge in [-0.1, -0.05) is 51.1 Å². The van der Waals surface area contributed by atoms with Crippen molar-refractivity contribution in [2.45, 2.75) is 45.6 Å². The van der Waals surface area contributed by atoms with Gasteiger partial charge in [-0.05, 0) is 30.6 Å². The van der Waals surface area contributed by atoms with Gasteiger partial charge in [-0.25, -0.2) is 0 Å². The van der Waals surface area contributed by atoms with Crippen molar-refractivity contribution in [2.24, 2.45) is 0 Å². The Labute approximate surface area is 120 Å². The van der Waals surface area contributed by atoms with Gasteiger partial charge < -0.3 is 9.55 Å². The van der Waals surface area contributed by atoms with Gasteiger partial charge in [-0.3, -0.25) is 0 Å². The second-order valence-electron chi connectivity index (χ2n) is 5.97. The van der Waals surface area contributed by atoms with Crippen LogP contribution in [0.1, 0.15) is 38.4 Å². The minimum Gasteiger partial charge on any atom is -0.337 e. The van der Waals surface area contributed by atoms with Gasteiger partial charge in [0.2, 0.25) is 0 Å². The fourth-order valence-electron chi connectivity index (χ4n) is 2.32. The molecule has 0 radical (unpaired) electrons. The molecule has 0 amide bonds. The normalized spacial score (nSPS) is 11.7. The van der Waals surface area contributed by atoms with Gasteiger partial charge in [-0.15, -0.1) is 0 Å². The molecule has 0 aliphatic carbocycles. The molecule has 0 fully saturated rings. The standard InChI is InChI=1S/C16H22N2S/c1-16(2,3)14-12-17-15(19)18(14)11-7-10-13-8-5-4-6-9-13/h4-6,8-9,12H,7,10-11H2,1-3H3,(H,17,19). The zero-order chi connectivity index (χ0) is 13.9. The van der Waals surface area contributed by atoms with Crippen LogP contribution in [0, 0.1) is 4.77 Å². The zero-order valence-electron chi connectivity index (χ0n) is 11.9. The number of H-pyrrole nitrogens is 1. The molecule has 19 heavy (non-hydrogen) atoms. The van der Waals surface area contributed by atoms with E-state index in [0.29, 0.717) is 0 Å². The highest BCUT2D eigenvalue weighted by Gasteiger charge is 2.18. The summed E-state index contributed by atoms with van der Waals surface area (Å²) in [6.45, 7) is 7.64. The van der Waals surface area contributed by atoms with Crippen molar-refractivity contribution in [3.05, 3.63) is 52.6 Å². The topological polar surface area (TPSA) is 20.7 Å². The molecule has 0 unspecified atom stereocenters. The number of aromatic amines is 1. The van der Waals surface area contributed by atoms with Crippen molar-refractivity contribution in [2.75, 3.05) is 0 Å². The summed E-state index contributed by atoms with van der Waals surface area (Å²) in [7, 11) is 0. The molecule has 1 heterocycles. The second-order valence-corrected chi connectivity index (χ2v) is 6.36. The highest BCUT2D eigenvalue weighted by atomic mass is 32.1. The number of nitrogens with one attached hydrogen (secondary N) is 1. The summed E-state index contributed by atoms with van der Waals surface area (Å²) in [5.74, 6) is 0. The van der Waals surface area contributed by atoms with Crippen molar-refractivity contribution in [1.82, 2.24) is 9.55 Å². The van der Waals surface area contributed by atoms with Gasteiger partial charge in [0.25, 0.3) is 0 Å². The lowest BCUT2D eigenvalue weighted by atomic mass is 9.92. The molecule has 1 N–H and O–H groups in total. The summed E-state index contributed by atoms with van der Waals surface area (Å²) in [5.41, 5.74) is 2.80. The van der Waals surface area contributed by atoms with Gasteiger partial charge in [0.15, 0.2) is 4.77 Å². The Morgan fingerprint density at radius 2 is 1.84 bits per heavy atom. The van der Waals surface area contributed by atoms with E-state index < -0.39 is 0 Å². The van der Waals surface area contributed by atoms with Gasteiger partial charge in [0.05, 0.1) is 0 Å². The number of rotatable bonds is 4. The average Bonchev–Trinajstić information content (AvgIpc) is 2.72. The SMILES string of the molecule is CC(C)(C)c1c[nH]c(=S)n1CCCc1ccccc1. The Bertz CT molecular complexity index is 573. The zero-order valence-corrected chi connectivity index (χ0v) is 12.8. The Morgan fingerprint density at radius 3 is 2.47 bits per heavy atom. The highest BCUT2D eigenvalue weighted by Crippen LogP contribution is 2.22. The van der Waals surface area contributed by atoms with E-state index >= 15 is 0 Å². The molecular weight excluding hydrogens is 252 g/mol. The van der Waals surface area contributed by atoms with Gasteiger partial charge in [-0.2, -0.15) is 0 Å². The van der Waals surface area contributed by atoms with Crippen LogP contribution in [-0.4, -0.2) is 9.55 Å². The van der Waals surface area contributed by atoms with E-state index in [1.165, 1.54) is 11.3 Å². The number of benzene rings is 1. The number of imidazole rings is 1. The van der Waals surface area contributed by atoms with Crippen LogP contribution < -0.4 is 0 Å². The van der Waals surface area contributed by atoms with E-state index in [2.05, 4.69) is 60.7 Å². The summed E-state index contributed by atoms with van der Waals surface area (Å²) >= 11 is 5.38. The summed E-state index contributed by atoms with van der Waals surface area (Å²) < 4.78 is 3.07. The fraction of sp³-hybridized carbons (Fsp3) is 0.438. The summed E-state index contributed by atoms with van der Waals surface area (Å²) in [6, 6.07) is 10.6. The van der Waals surface area contributed by atoms with Crippen LogP contribution in [0.5, 0.6) is 0 Å². The van der Waals surface area contributed by atoms with Crippen molar-refractivity contribution in [3.8, 4) is 0 Å². The molecule has 0 atom stereocenters. The quantitative estimate of drug-likeness (QED) is 0.815. The first-order valence-electron chi connectivity index (χ1n) is 6.81. The monoisotopic (exact) mass is 274 g/mol. The summed E-state index contributed by atoms with van der Waals surface area (Å²) in [5, 5.41) is 0. The van der Waals surface area contributed by atoms with E-state index in [-0.39, 0.29) is 5.41 Å². The number of hydrogen-bond donors (Lipinski definition) is 1. The molecule has 0 aliphatic heterocycles. The van der Waals surface area contributed by atoms with E-state index in [1.54, 1.807) is 0 Å². The third-order valence-corrected chi connectivity index (χ3v) is 3.66. The molecule has 0 spiro atoms. The molecule has 0 saturated carbocycles. The van der Waals surface area contributed by atoms with Crippen molar-refractivity contribution >= 4 is 12.2 Å². The second kappa shape index (κ2) is 5.74. The maximum absolute atomic E-state index is 5.38. The third kappa shape index (κ3) is 3.57. The maximum Gasteiger partial charge on any atom is 0.177 e. The molecular formula is C16H22N2S. The van der Waals surface area contributed by atoms with Crippen LogP contribution in [0.2, 0.25) is 0 Å². The number of hydrogen-bond acceptors (Lipinski definition) is 1. The summed E-state index contributed by atoms with van der Waals surface area (Å²) in [4.78, 5) is 3.17. The molecule has 1 aromatic heterocycles. The maximum atomic E-state index is 5.38. The van der Waals surface area contributed by atoms with E-state index in [1.807, 2.05) is 6.20 Å². The Kier molecular flexibility index (Phi) is 4.25. The smallest absolute Gasteiger partial charge is 0.177 e. The number of aryl methyl sites for hydroxylation is 1. The first-order valence-corrected chi connectivity index (χ1v) is 7.22. The van der Waals surface area contributed by atoms with Crippen LogP contribution in [0.3, 0.4) is 0 Å². The van der Waals surface area contributed by atoms with E-state index in [9.17, 15) is 0 Å². The Morgan fingerprint density at radius 1 is 1.16 bits per heavy atom. The van der Waals surface area contributed by atoms with Crippen molar-refractivity contribution < 1.29 is 0 Å². The Balaban J connectivity index is 2.04. The third-order valence-electron chi connectivity index (χ3n) is 3.33. The first kappa shape index (κ1) is 14.1. The van der Waals surface area contributed by atoms with Crippen LogP contribution in [0.25, 0.3) is 0 Å². The van der Waals surface area contributed by atoms with Crippen LogP contribution in [0.15, 0.2) is 36.5 Å². The minimum absolute atomic E-state index is 0.125. The fourth-order valence-corrected chi connectivity index (χ4v) is 2.57. The summed E-state index contributed by atoms with van der Waals surface area (Å²) in [6.07, 6.45) is 4.25. The first-order chi connectivity index (χ1) is 8.98. The number of aromatic nitrogens is 2. The lowest BCUT2D eigenvalue weighted by Crippen LogP contribution is -2.18. The molecule has 0 saturated heterocycles. The lowest BCUT2D eigenvalue weighted by Gasteiger charge is -2.20. The van der Waals surface area contributed by atoms with Gasteiger partial charge in [0, 0.05) is 23.9 Å². The van der Waals surface area contributed by atoms with Crippen LogP contribution >= 0.6 is 12.2 Å². The average molecular weight is 274 g/mol. The molecule has 3 heteroatoms. The lowest BCUT2D eigenvalue weighted by molar-refractivity contribution is 0.504. The van der Waals surface area contributed by atoms with Crippen molar-refractivity contribution in [3.63, 3.8) is 0 Å². The molecule has 102 valence electrons. The van der Waals surface area contributed by atoms with E-state index in [4.69, 9.17) is 12.2 Å². The van der Waals surface area contributed by atoms with Gasteiger partial charge >= 0.3 is 0 Å². The van der Waals surface area contributed by atoms with Gasteiger partial charge in [0.1, 0.15) is 0 Å². The highest BCUT2D eigenvalue weighted by molar-refractivity contribution is 7.71. The minimum atomic E-state index is 0.125.